The molecule has 1 aromatic heterocycles. The van der Waals surface area contributed by atoms with E-state index in [2.05, 4.69) is 15.7 Å². The number of aromatic nitrogens is 2. The van der Waals surface area contributed by atoms with Gasteiger partial charge in [-0.3, -0.25) is 14.4 Å². The summed E-state index contributed by atoms with van der Waals surface area (Å²) in [6.45, 7) is 1.90. The van der Waals surface area contributed by atoms with Crippen LogP contribution in [0.5, 0.6) is 5.75 Å². The van der Waals surface area contributed by atoms with Crippen LogP contribution >= 0.6 is 0 Å². The number of aryl methyl sites for hydroxylation is 1. The molecule has 1 heterocycles. The Labute approximate surface area is 224 Å². The highest BCUT2D eigenvalue weighted by Gasteiger charge is 2.27. The zero-order chi connectivity index (χ0) is 27.8. The quantitative estimate of drug-likeness (QED) is 0.272. The molecular weight excluding hydrogens is 498 g/mol. The highest BCUT2D eigenvalue weighted by Crippen LogP contribution is 2.16. The molecule has 10 nitrogen and oxygen atoms in total. The first kappa shape index (κ1) is 26.8. The fourth-order valence-electron chi connectivity index (χ4n) is 3.93. The molecule has 0 bridgehead atoms. The number of primary amides is 1. The van der Waals surface area contributed by atoms with E-state index in [1.165, 1.54) is 4.68 Å². The van der Waals surface area contributed by atoms with Crippen LogP contribution in [-0.4, -0.2) is 39.5 Å². The molecule has 1 atom stereocenters. The van der Waals surface area contributed by atoms with Gasteiger partial charge in [-0.15, -0.1) is 0 Å². The summed E-state index contributed by atoms with van der Waals surface area (Å²) >= 11 is 0. The third kappa shape index (κ3) is 7.16. The van der Waals surface area contributed by atoms with Crippen LogP contribution in [0.3, 0.4) is 0 Å². The number of ketones is 1. The van der Waals surface area contributed by atoms with Crippen molar-refractivity contribution in [3.63, 3.8) is 0 Å². The van der Waals surface area contributed by atoms with Crippen molar-refractivity contribution in [3.8, 4) is 11.4 Å². The Bertz CT molecular complexity index is 1480. The van der Waals surface area contributed by atoms with Gasteiger partial charge < -0.3 is 21.1 Å². The summed E-state index contributed by atoms with van der Waals surface area (Å²) in [6.07, 6.45) is -0.507. The summed E-state index contributed by atoms with van der Waals surface area (Å²) in [7, 11) is 0. The van der Waals surface area contributed by atoms with Crippen molar-refractivity contribution in [1.29, 1.82) is 0 Å². The first-order chi connectivity index (χ1) is 18.8. The Kier molecular flexibility index (Phi) is 8.47. The number of amides is 3. The van der Waals surface area contributed by atoms with Crippen LogP contribution in [0.1, 0.15) is 27.3 Å². The number of para-hydroxylation sites is 1. The Morgan fingerprint density at radius 2 is 1.56 bits per heavy atom. The van der Waals surface area contributed by atoms with Gasteiger partial charge in [-0.2, -0.15) is 5.10 Å². The first-order valence-corrected chi connectivity index (χ1v) is 12.2. The molecule has 1 unspecified atom stereocenters. The number of hydrogen-bond acceptors (Lipinski definition) is 6. The predicted molar refractivity (Wildman–Crippen MR) is 143 cm³/mol. The minimum Gasteiger partial charge on any atom is -0.410 e. The lowest BCUT2D eigenvalue weighted by molar-refractivity contribution is -0.137. The maximum atomic E-state index is 13.3. The smallest absolute Gasteiger partial charge is 0.410 e. The Balaban J connectivity index is 1.50. The van der Waals surface area contributed by atoms with E-state index >= 15 is 0 Å². The molecule has 0 aliphatic carbocycles. The molecule has 0 aliphatic heterocycles. The van der Waals surface area contributed by atoms with Crippen molar-refractivity contribution in [2.24, 2.45) is 5.73 Å². The van der Waals surface area contributed by atoms with E-state index in [4.69, 9.17) is 10.5 Å². The zero-order valence-electron chi connectivity index (χ0n) is 21.2. The molecule has 0 aliphatic rings. The summed E-state index contributed by atoms with van der Waals surface area (Å²) in [4.78, 5) is 49.6. The van der Waals surface area contributed by atoms with Crippen molar-refractivity contribution in [3.05, 3.63) is 114 Å². The number of hydrogen-bond donors (Lipinski definition) is 3. The minimum absolute atomic E-state index is 0.0989. The number of Topliss-reactive ketones (excluding diaryl/α,β-unsaturated/α-hetero) is 1. The molecule has 0 radical (unpaired) electrons. The van der Waals surface area contributed by atoms with Crippen molar-refractivity contribution in [1.82, 2.24) is 20.4 Å². The lowest BCUT2D eigenvalue weighted by Gasteiger charge is -2.17. The number of nitrogens with two attached hydrogens (primary N) is 1. The van der Waals surface area contributed by atoms with E-state index in [9.17, 15) is 19.2 Å². The predicted octanol–water partition coefficient (Wildman–Crippen LogP) is 2.86. The van der Waals surface area contributed by atoms with Gasteiger partial charge in [0.2, 0.25) is 5.78 Å². The van der Waals surface area contributed by atoms with Crippen molar-refractivity contribution >= 4 is 23.7 Å². The number of nitrogens with one attached hydrogen (secondary N) is 2. The summed E-state index contributed by atoms with van der Waals surface area (Å²) in [5.41, 5.74) is 8.03. The molecule has 198 valence electrons. The first-order valence-electron chi connectivity index (χ1n) is 12.2. The minimum atomic E-state index is -1.15. The SMILES string of the molecule is Cc1cc(C(=O)NC(Cc2ccccc2)C(=O)C(N)=O)n(-c2cccc(CNC(=O)Oc3ccccc3)c2)n1. The van der Waals surface area contributed by atoms with E-state index in [1.807, 2.05) is 18.2 Å². The second-order valence-electron chi connectivity index (χ2n) is 8.75. The second-order valence-corrected chi connectivity index (χ2v) is 8.75. The zero-order valence-corrected chi connectivity index (χ0v) is 21.2. The van der Waals surface area contributed by atoms with Crippen LogP contribution in [0.15, 0.2) is 91.0 Å². The summed E-state index contributed by atoms with van der Waals surface area (Å²) in [5.74, 6) is -2.20. The van der Waals surface area contributed by atoms with E-state index < -0.39 is 29.7 Å². The van der Waals surface area contributed by atoms with Crippen LogP contribution in [0.2, 0.25) is 0 Å². The van der Waals surface area contributed by atoms with Crippen molar-refractivity contribution in [2.75, 3.05) is 0 Å². The molecule has 10 heteroatoms. The Hall–Kier alpha value is -5.25. The van der Waals surface area contributed by atoms with Gasteiger partial charge in [0.25, 0.3) is 11.8 Å². The monoisotopic (exact) mass is 525 g/mol. The fraction of sp³-hybridized carbons (Fsp3) is 0.138. The highest BCUT2D eigenvalue weighted by atomic mass is 16.6. The van der Waals surface area contributed by atoms with Gasteiger partial charge in [-0.1, -0.05) is 60.7 Å². The summed E-state index contributed by atoms with van der Waals surface area (Å²) < 4.78 is 6.67. The third-order valence-corrected chi connectivity index (χ3v) is 5.76. The standard InChI is InChI=1S/C29H27N5O5/c1-19-15-25(28(37)32-24(26(35)27(30)36)17-20-9-4-2-5-10-20)34(33-19)22-12-8-11-21(16-22)18-31-29(38)39-23-13-6-3-7-14-23/h2-16,24H,17-18H2,1H3,(H2,30,36)(H,31,38)(H,32,37). The largest absolute Gasteiger partial charge is 0.412 e. The topological polar surface area (TPSA) is 145 Å². The van der Waals surface area contributed by atoms with Gasteiger partial charge in [0, 0.05) is 13.0 Å². The molecule has 39 heavy (non-hydrogen) atoms. The molecule has 0 spiro atoms. The van der Waals surface area contributed by atoms with E-state index in [1.54, 1.807) is 79.7 Å². The van der Waals surface area contributed by atoms with Gasteiger partial charge in [0.1, 0.15) is 17.5 Å². The average molecular weight is 526 g/mol. The van der Waals surface area contributed by atoms with Gasteiger partial charge in [-0.05, 0) is 48.4 Å². The molecule has 3 amide bonds. The number of carbonyl (C=O) groups excluding carboxylic acids is 4. The van der Waals surface area contributed by atoms with Crippen LogP contribution in [0.4, 0.5) is 4.79 Å². The molecule has 0 fully saturated rings. The molecular formula is C29H27N5O5. The number of ether oxygens (including phenoxy) is 1. The Morgan fingerprint density at radius 3 is 2.26 bits per heavy atom. The number of benzene rings is 3. The van der Waals surface area contributed by atoms with E-state index in [0.29, 0.717) is 17.1 Å². The number of carbonyl (C=O) groups is 4. The summed E-state index contributed by atoms with van der Waals surface area (Å²) in [5, 5.41) is 9.76. The van der Waals surface area contributed by atoms with E-state index in [0.717, 1.165) is 11.1 Å². The fourth-order valence-corrected chi connectivity index (χ4v) is 3.93. The average Bonchev–Trinajstić information content (AvgIpc) is 3.34. The lowest BCUT2D eigenvalue weighted by Crippen LogP contribution is -2.47. The van der Waals surface area contributed by atoms with Crippen LogP contribution in [0, 0.1) is 6.92 Å². The maximum Gasteiger partial charge on any atom is 0.412 e. The lowest BCUT2D eigenvalue weighted by atomic mass is 10.0. The number of nitrogens with zero attached hydrogens (tertiary/aromatic N) is 2. The maximum absolute atomic E-state index is 13.3. The normalized spacial score (nSPS) is 11.3. The molecule has 0 saturated heterocycles. The Morgan fingerprint density at radius 1 is 0.897 bits per heavy atom. The van der Waals surface area contributed by atoms with Crippen molar-refractivity contribution in [2.45, 2.75) is 25.9 Å². The van der Waals surface area contributed by atoms with Crippen LogP contribution in [-0.2, 0) is 22.6 Å². The van der Waals surface area contributed by atoms with Gasteiger partial charge in [0.05, 0.1) is 11.4 Å². The van der Waals surface area contributed by atoms with Crippen LogP contribution < -0.4 is 21.1 Å². The molecule has 0 saturated carbocycles. The third-order valence-electron chi connectivity index (χ3n) is 5.76. The highest BCUT2D eigenvalue weighted by molar-refractivity contribution is 6.38. The second kappa shape index (κ2) is 12.3. The molecule has 3 aromatic carbocycles. The van der Waals surface area contributed by atoms with Gasteiger partial charge in [0.15, 0.2) is 0 Å². The molecule has 4 aromatic rings. The molecule has 4 N–H and O–H groups in total. The van der Waals surface area contributed by atoms with Gasteiger partial charge in [-0.25, -0.2) is 9.48 Å². The van der Waals surface area contributed by atoms with E-state index in [-0.39, 0.29) is 18.7 Å². The molecule has 4 rings (SSSR count). The van der Waals surface area contributed by atoms with Crippen molar-refractivity contribution < 1.29 is 23.9 Å². The van der Waals surface area contributed by atoms with Crippen LogP contribution in [0.25, 0.3) is 5.69 Å². The number of rotatable bonds is 10. The van der Waals surface area contributed by atoms with Gasteiger partial charge >= 0.3 is 6.09 Å². The summed E-state index contributed by atoms with van der Waals surface area (Å²) in [6, 6.07) is 25.2.